The van der Waals surface area contributed by atoms with Crippen LogP contribution in [0, 0.1) is 0 Å². The minimum absolute atomic E-state index is 0. The fourth-order valence-corrected chi connectivity index (χ4v) is 5.99. The summed E-state index contributed by atoms with van der Waals surface area (Å²) in [5, 5.41) is 1.78. The SMILES string of the molecule is CCCN1CCC(NS(=O)(=O)c2sccc2Br)CC1.Cl. The van der Waals surface area contributed by atoms with E-state index in [0.29, 0.717) is 8.68 Å². The van der Waals surface area contributed by atoms with Crippen LogP contribution in [0.25, 0.3) is 0 Å². The van der Waals surface area contributed by atoms with Gasteiger partial charge in [-0.25, -0.2) is 13.1 Å². The topological polar surface area (TPSA) is 49.4 Å². The highest BCUT2D eigenvalue weighted by molar-refractivity contribution is 9.10. The first kappa shape index (κ1) is 18.4. The van der Waals surface area contributed by atoms with Gasteiger partial charge in [-0.05, 0) is 66.3 Å². The molecule has 0 atom stereocenters. The Kier molecular flexibility index (Phi) is 7.45. The van der Waals surface area contributed by atoms with Crippen LogP contribution in [0.15, 0.2) is 20.1 Å². The summed E-state index contributed by atoms with van der Waals surface area (Å²) in [6.45, 7) is 5.23. The average molecular weight is 404 g/mol. The van der Waals surface area contributed by atoms with Crippen LogP contribution in [-0.2, 0) is 10.0 Å². The van der Waals surface area contributed by atoms with Gasteiger partial charge in [0.05, 0.1) is 0 Å². The second-order valence-electron chi connectivity index (χ2n) is 4.79. The third-order valence-electron chi connectivity index (χ3n) is 3.28. The molecule has 0 aliphatic carbocycles. The molecule has 1 aromatic heterocycles. The molecule has 1 N–H and O–H groups in total. The fraction of sp³-hybridized carbons (Fsp3) is 0.667. The molecule has 2 heterocycles. The second kappa shape index (κ2) is 8.10. The van der Waals surface area contributed by atoms with Crippen molar-refractivity contribution >= 4 is 49.7 Å². The highest BCUT2D eigenvalue weighted by atomic mass is 79.9. The summed E-state index contributed by atoms with van der Waals surface area (Å²) in [6.07, 6.45) is 2.93. The Bertz CT molecular complexity index is 513. The van der Waals surface area contributed by atoms with Crippen LogP contribution in [0.3, 0.4) is 0 Å². The van der Waals surface area contributed by atoms with Crippen LogP contribution < -0.4 is 4.72 Å². The van der Waals surface area contributed by atoms with E-state index in [4.69, 9.17) is 0 Å². The lowest BCUT2D eigenvalue weighted by atomic mass is 10.1. The van der Waals surface area contributed by atoms with Gasteiger partial charge in [-0.3, -0.25) is 0 Å². The van der Waals surface area contributed by atoms with E-state index >= 15 is 0 Å². The molecule has 1 aromatic rings. The molecule has 2 rings (SSSR count). The quantitative estimate of drug-likeness (QED) is 0.822. The van der Waals surface area contributed by atoms with E-state index in [-0.39, 0.29) is 18.4 Å². The summed E-state index contributed by atoms with van der Waals surface area (Å²) < 4.78 is 28.3. The third kappa shape index (κ3) is 4.68. The van der Waals surface area contributed by atoms with Crippen molar-refractivity contribution in [3.05, 3.63) is 15.9 Å². The number of likely N-dealkylation sites (tertiary alicyclic amines) is 1. The van der Waals surface area contributed by atoms with Gasteiger partial charge in [0.15, 0.2) is 0 Å². The van der Waals surface area contributed by atoms with Gasteiger partial charge >= 0.3 is 0 Å². The predicted octanol–water partition coefficient (Wildman–Crippen LogP) is 3.09. The van der Waals surface area contributed by atoms with Crippen LogP contribution in [0.4, 0.5) is 0 Å². The van der Waals surface area contributed by atoms with Crippen molar-refractivity contribution in [1.29, 1.82) is 0 Å². The molecule has 20 heavy (non-hydrogen) atoms. The molecule has 1 aliphatic heterocycles. The largest absolute Gasteiger partial charge is 0.303 e. The average Bonchev–Trinajstić information content (AvgIpc) is 2.79. The molecular formula is C12H20BrClN2O2S2. The molecule has 0 amide bonds. The lowest BCUT2D eigenvalue weighted by Crippen LogP contribution is -2.44. The van der Waals surface area contributed by atoms with E-state index in [1.807, 2.05) is 0 Å². The Labute approximate surface area is 139 Å². The zero-order chi connectivity index (χ0) is 13.9. The molecule has 1 fully saturated rings. The number of nitrogens with one attached hydrogen (secondary N) is 1. The van der Waals surface area contributed by atoms with Gasteiger partial charge < -0.3 is 4.90 Å². The highest BCUT2D eigenvalue weighted by Crippen LogP contribution is 2.28. The molecule has 4 nitrogen and oxygen atoms in total. The third-order valence-corrected chi connectivity index (χ3v) is 7.47. The predicted molar refractivity (Wildman–Crippen MR) is 89.3 cm³/mol. The van der Waals surface area contributed by atoms with E-state index < -0.39 is 10.0 Å². The summed E-state index contributed by atoms with van der Waals surface area (Å²) in [5.41, 5.74) is 0. The fourth-order valence-electron chi connectivity index (χ4n) is 2.34. The van der Waals surface area contributed by atoms with E-state index in [1.165, 1.54) is 11.3 Å². The minimum Gasteiger partial charge on any atom is -0.303 e. The Morgan fingerprint density at radius 3 is 2.60 bits per heavy atom. The maximum atomic E-state index is 12.2. The van der Waals surface area contributed by atoms with Gasteiger partial charge in [0.25, 0.3) is 10.0 Å². The van der Waals surface area contributed by atoms with Crippen LogP contribution in [0.2, 0.25) is 0 Å². The zero-order valence-electron chi connectivity index (χ0n) is 11.3. The van der Waals surface area contributed by atoms with Crippen LogP contribution in [-0.4, -0.2) is 39.0 Å². The summed E-state index contributed by atoms with van der Waals surface area (Å²) in [6, 6.07) is 1.83. The van der Waals surface area contributed by atoms with Crippen LogP contribution >= 0.6 is 39.7 Å². The first-order chi connectivity index (χ1) is 9.03. The van der Waals surface area contributed by atoms with E-state index in [1.54, 1.807) is 11.4 Å². The van der Waals surface area contributed by atoms with Crippen molar-refractivity contribution in [1.82, 2.24) is 9.62 Å². The van der Waals surface area contributed by atoms with Crippen molar-refractivity contribution in [3.8, 4) is 0 Å². The summed E-state index contributed by atoms with van der Waals surface area (Å²) in [4.78, 5) is 2.39. The Morgan fingerprint density at radius 1 is 1.45 bits per heavy atom. The molecule has 0 aromatic carbocycles. The van der Waals surface area contributed by atoms with Crippen molar-refractivity contribution in [2.45, 2.75) is 36.4 Å². The number of hydrogen-bond acceptors (Lipinski definition) is 4. The smallest absolute Gasteiger partial charge is 0.251 e. The van der Waals surface area contributed by atoms with E-state index in [0.717, 1.165) is 38.9 Å². The van der Waals surface area contributed by atoms with Crippen molar-refractivity contribution in [3.63, 3.8) is 0 Å². The number of sulfonamides is 1. The second-order valence-corrected chi connectivity index (χ2v) is 8.47. The maximum Gasteiger partial charge on any atom is 0.251 e. The first-order valence-electron chi connectivity index (χ1n) is 6.50. The van der Waals surface area contributed by atoms with Gasteiger partial charge in [-0.1, -0.05) is 6.92 Å². The normalized spacial score (nSPS) is 17.9. The molecular weight excluding hydrogens is 384 g/mol. The Balaban J connectivity index is 0.00000200. The van der Waals surface area contributed by atoms with Gasteiger partial charge in [-0.2, -0.15) is 0 Å². The van der Waals surface area contributed by atoms with Crippen LogP contribution in [0.1, 0.15) is 26.2 Å². The zero-order valence-corrected chi connectivity index (χ0v) is 15.4. The molecule has 1 aliphatic rings. The van der Waals surface area contributed by atoms with Crippen molar-refractivity contribution < 1.29 is 8.42 Å². The molecule has 0 radical (unpaired) electrons. The van der Waals surface area contributed by atoms with Gasteiger partial charge in [0.2, 0.25) is 0 Å². The molecule has 116 valence electrons. The summed E-state index contributed by atoms with van der Waals surface area (Å²) in [7, 11) is -3.37. The molecule has 0 bridgehead atoms. The molecule has 1 saturated heterocycles. The number of thiophene rings is 1. The molecule has 0 spiro atoms. The Hall–Kier alpha value is 0.340. The van der Waals surface area contributed by atoms with Crippen molar-refractivity contribution in [2.75, 3.05) is 19.6 Å². The number of halogens is 2. The Morgan fingerprint density at radius 2 is 2.10 bits per heavy atom. The van der Waals surface area contributed by atoms with Gasteiger partial charge in [-0.15, -0.1) is 23.7 Å². The molecule has 8 heteroatoms. The van der Waals surface area contributed by atoms with Gasteiger partial charge in [0.1, 0.15) is 4.21 Å². The number of nitrogens with zero attached hydrogens (tertiary/aromatic N) is 1. The van der Waals surface area contributed by atoms with Gasteiger partial charge in [0, 0.05) is 10.5 Å². The monoisotopic (exact) mass is 402 g/mol. The number of hydrogen-bond donors (Lipinski definition) is 1. The highest BCUT2D eigenvalue weighted by Gasteiger charge is 2.26. The maximum absolute atomic E-state index is 12.2. The van der Waals surface area contributed by atoms with Crippen LogP contribution in [0.5, 0.6) is 0 Å². The van der Waals surface area contributed by atoms with E-state index in [2.05, 4.69) is 32.5 Å². The van der Waals surface area contributed by atoms with E-state index in [9.17, 15) is 8.42 Å². The van der Waals surface area contributed by atoms with Crippen molar-refractivity contribution in [2.24, 2.45) is 0 Å². The molecule has 0 saturated carbocycles. The summed E-state index contributed by atoms with van der Waals surface area (Å²) in [5.74, 6) is 0. The number of rotatable bonds is 5. The minimum atomic E-state index is -3.37. The summed E-state index contributed by atoms with van der Waals surface area (Å²) >= 11 is 4.53. The lowest BCUT2D eigenvalue weighted by molar-refractivity contribution is 0.208. The standard InChI is InChI=1S/C12H19BrN2O2S2.ClH/c1-2-6-15-7-3-10(4-8-15)14-19(16,17)12-11(13)5-9-18-12;/h5,9-10,14H,2-4,6-8H2,1H3;1H. The first-order valence-corrected chi connectivity index (χ1v) is 9.66. The number of piperidine rings is 1. The lowest BCUT2D eigenvalue weighted by Gasteiger charge is -2.31. The molecule has 0 unspecified atom stereocenters.